The van der Waals surface area contributed by atoms with Gasteiger partial charge >= 0.3 is 0 Å². The van der Waals surface area contributed by atoms with E-state index in [0.717, 1.165) is 17.7 Å². The van der Waals surface area contributed by atoms with Crippen LogP contribution < -0.4 is 5.32 Å². The maximum atomic E-state index is 13.7. The maximum absolute atomic E-state index is 13.7. The SMILES string of the molecule is CC(O)c1ccccc1NC(C)c1cc(F)ccc1F. The second-order valence-corrected chi connectivity index (χ2v) is 4.80. The van der Waals surface area contributed by atoms with Gasteiger partial charge in [-0.1, -0.05) is 18.2 Å². The van der Waals surface area contributed by atoms with Crippen molar-refractivity contribution in [3.63, 3.8) is 0 Å². The van der Waals surface area contributed by atoms with Crippen LogP contribution in [0.15, 0.2) is 42.5 Å². The summed E-state index contributed by atoms with van der Waals surface area (Å²) in [7, 11) is 0. The van der Waals surface area contributed by atoms with Gasteiger partial charge in [0.25, 0.3) is 0 Å². The standard InChI is InChI=1S/C16H17F2NO/c1-10(14-9-12(17)7-8-15(14)18)19-16-6-4-3-5-13(16)11(2)20/h3-11,19-20H,1-2H3. The van der Waals surface area contributed by atoms with Crippen molar-refractivity contribution in [2.24, 2.45) is 0 Å². The average Bonchev–Trinajstić information content (AvgIpc) is 2.41. The highest BCUT2D eigenvalue weighted by molar-refractivity contribution is 5.53. The number of nitrogens with one attached hydrogen (secondary N) is 1. The van der Waals surface area contributed by atoms with E-state index in [4.69, 9.17) is 0 Å². The second-order valence-electron chi connectivity index (χ2n) is 4.80. The Kier molecular flexibility index (Phi) is 4.35. The largest absolute Gasteiger partial charge is 0.389 e. The van der Waals surface area contributed by atoms with E-state index in [0.29, 0.717) is 5.69 Å². The first kappa shape index (κ1) is 14.5. The molecule has 20 heavy (non-hydrogen) atoms. The Morgan fingerprint density at radius 2 is 1.70 bits per heavy atom. The zero-order valence-corrected chi connectivity index (χ0v) is 11.4. The van der Waals surface area contributed by atoms with E-state index >= 15 is 0 Å². The molecule has 4 heteroatoms. The first-order chi connectivity index (χ1) is 9.49. The number of hydrogen-bond donors (Lipinski definition) is 2. The summed E-state index contributed by atoms with van der Waals surface area (Å²) in [5.41, 5.74) is 1.68. The van der Waals surface area contributed by atoms with Crippen molar-refractivity contribution in [1.29, 1.82) is 0 Å². The van der Waals surface area contributed by atoms with Gasteiger partial charge < -0.3 is 10.4 Å². The highest BCUT2D eigenvalue weighted by atomic mass is 19.1. The Morgan fingerprint density at radius 1 is 1.00 bits per heavy atom. The second kappa shape index (κ2) is 6.01. The molecule has 2 nitrogen and oxygen atoms in total. The van der Waals surface area contributed by atoms with E-state index in [1.54, 1.807) is 26.0 Å². The average molecular weight is 277 g/mol. The van der Waals surface area contributed by atoms with Gasteiger partial charge in [0.2, 0.25) is 0 Å². The third-order valence-corrected chi connectivity index (χ3v) is 3.21. The number of para-hydroxylation sites is 1. The van der Waals surface area contributed by atoms with Crippen LogP contribution in [0.25, 0.3) is 0 Å². The molecule has 2 unspecified atom stereocenters. The molecule has 0 heterocycles. The molecule has 0 aliphatic rings. The predicted octanol–water partition coefficient (Wildman–Crippen LogP) is 4.19. The van der Waals surface area contributed by atoms with Crippen LogP contribution in [-0.4, -0.2) is 5.11 Å². The highest BCUT2D eigenvalue weighted by Gasteiger charge is 2.14. The predicted molar refractivity (Wildman–Crippen MR) is 75.5 cm³/mol. The number of rotatable bonds is 4. The lowest BCUT2D eigenvalue weighted by Gasteiger charge is -2.20. The molecular weight excluding hydrogens is 260 g/mol. The van der Waals surface area contributed by atoms with Gasteiger partial charge in [0.15, 0.2) is 0 Å². The lowest BCUT2D eigenvalue weighted by molar-refractivity contribution is 0.200. The summed E-state index contributed by atoms with van der Waals surface area (Å²) in [6, 6.07) is 10.2. The fraction of sp³-hybridized carbons (Fsp3) is 0.250. The molecule has 0 amide bonds. The molecule has 0 saturated carbocycles. The van der Waals surface area contributed by atoms with Crippen LogP contribution in [0, 0.1) is 11.6 Å². The summed E-state index contributed by atoms with van der Waals surface area (Å²) < 4.78 is 26.9. The minimum absolute atomic E-state index is 0.255. The van der Waals surface area contributed by atoms with E-state index in [1.165, 1.54) is 6.07 Å². The lowest BCUT2D eigenvalue weighted by atomic mass is 10.0. The van der Waals surface area contributed by atoms with Crippen LogP contribution in [0.1, 0.15) is 37.1 Å². The quantitative estimate of drug-likeness (QED) is 0.878. The minimum atomic E-state index is -0.636. The topological polar surface area (TPSA) is 32.3 Å². The van der Waals surface area contributed by atoms with Gasteiger partial charge in [-0.3, -0.25) is 0 Å². The molecule has 2 N–H and O–H groups in total. The highest BCUT2D eigenvalue weighted by Crippen LogP contribution is 2.27. The van der Waals surface area contributed by atoms with E-state index < -0.39 is 23.8 Å². The molecule has 0 saturated heterocycles. The summed E-state index contributed by atoms with van der Waals surface area (Å²) in [4.78, 5) is 0. The molecule has 0 aliphatic heterocycles. The van der Waals surface area contributed by atoms with Gasteiger partial charge in [-0.15, -0.1) is 0 Å². The molecule has 0 bridgehead atoms. The number of anilines is 1. The van der Waals surface area contributed by atoms with Gasteiger partial charge in [0, 0.05) is 16.8 Å². The maximum Gasteiger partial charge on any atom is 0.128 e. The molecule has 106 valence electrons. The summed E-state index contributed by atoms with van der Waals surface area (Å²) in [5.74, 6) is -0.931. The molecule has 0 radical (unpaired) electrons. The number of hydrogen-bond acceptors (Lipinski definition) is 2. The fourth-order valence-electron chi connectivity index (χ4n) is 2.15. The smallest absolute Gasteiger partial charge is 0.128 e. The van der Waals surface area contributed by atoms with Crippen LogP contribution in [0.3, 0.4) is 0 Å². The first-order valence-corrected chi connectivity index (χ1v) is 6.47. The van der Waals surface area contributed by atoms with Crippen molar-refractivity contribution in [3.8, 4) is 0 Å². The van der Waals surface area contributed by atoms with Crippen LogP contribution in [0.5, 0.6) is 0 Å². The summed E-state index contributed by atoms with van der Waals surface area (Å²) >= 11 is 0. The van der Waals surface area contributed by atoms with Gasteiger partial charge in [-0.05, 0) is 38.1 Å². The number of benzene rings is 2. The number of halogens is 2. The van der Waals surface area contributed by atoms with Crippen molar-refractivity contribution in [2.45, 2.75) is 26.0 Å². The van der Waals surface area contributed by atoms with Crippen molar-refractivity contribution in [1.82, 2.24) is 0 Å². The van der Waals surface area contributed by atoms with Gasteiger partial charge in [-0.25, -0.2) is 8.78 Å². The molecule has 2 rings (SSSR count). The Morgan fingerprint density at radius 3 is 2.40 bits per heavy atom. The molecule has 2 aromatic carbocycles. The Bertz CT molecular complexity index is 599. The Balaban J connectivity index is 2.28. The minimum Gasteiger partial charge on any atom is -0.389 e. The van der Waals surface area contributed by atoms with E-state index in [2.05, 4.69) is 5.32 Å². The van der Waals surface area contributed by atoms with Crippen molar-refractivity contribution < 1.29 is 13.9 Å². The fourth-order valence-corrected chi connectivity index (χ4v) is 2.15. The van der Waals surface area contributed by atoms with Crippen molar-refractivity contribution in [2.75, 3.05) is 5.32 Å². The van der Waals surface area contributed by atoms with Gasteiger partial charge in [-0.2, -0.15) is 0 Å². The van der Waals surface area contributed by atoms with E-state index in [-0.39, 0.29) is 5.56 Å². The first-order valence-electron chi connectivity index (χ1n) is 6.47. The molecule has 2 atom stereocenters. The van der Waals surface area contributed by atoms with Crippen LogP contribution in [0.4, 0.5) is 14.5 Å². The third kappa shape index (κ3) is 3.14. The third-order valence-electron chi connectivity index (χ3n) is 3.21. The molecule has 2 aromatic rings. The molecule has 0 spiro atoms. The molecular formula is C16H17F2NO. The monoisotopic (exact) mass is 277 g/mol. The van der Waals surface area contributed by atoms with Crippen LogP contribution in [0.2, 0.25) is 0 Å². The van der Waals surface area contributed by atoms with Gasteiger partial charge in [0.1, 0.15) is 11.6 Å². The van der Waals surface area contributed by atoms with Gasteiger partial charge in [0.05, 0.1) is 12.1 Å². The lowest BCUT2D eigenvalue weighted by Crippen LogP contribution is -2.11. The molecule has 0 aliphatic carbocycles. The molecule has 0 aromatic heterocycles. The number of aliphatic hydroxyl groups is 1. The van der Waals surface area contributed by atoms with Crippen LogP contribution in [-0.2, 0) is 0 Å². The number of aliphatic hydroxyl groups excluding tert-OH is 1. The summed E-state index contributed by atoms with van der Waals surface area (Å²) in [6.45, 7) is 3.41. The van der Waals surface area contributed by atoms with E-state index in [1.807, 2.05) is 12.1 Å². The normalized spacial score (nSPS) is 13.8. The van der Waals surface area contributed by atoms with E-state index in [9.17, 15) is 13.9 Å². The Hall–Kier alpha value is -1.94. The van der Waals surface area contributed by atoms with Crippen LogP contribution >= 0.6 is 0 Å². The summed E-state index contributed by atoms with van der Waals surface area (Å²) in [5, 5.41) is 12.8. The van der Waals surface area contributed by atoms with Crippen molar-refractivity contribution >= 4 is 5.69 Å². The summed E-state index contributed by atoms with van der Waals surface area (Å²) in [6.07, 6.45) is -0.636. The molecule has 0 fully saturated rings. The van der Waals surface area contributed by atoms with Crippen molar-refractivity contribution in [3.05, 3.63) is 65.2 Å². The Labute approximate surface area is 117 Å². The zero-order chi connectivity index (χ0) is 14.7. The zero-order valence-electron chi connectivity index (χ0n) is 11.4.